The van der Waals surface area contributed by atoms with E-state index in [1.165, 1.54) is 27.1 Å². The highest BCUT2D eigenvalue weighted by molar-refractivity contribution is 7.11. The van der Waals surface area contributed by atoms with Crippen molar-refractivity contribution in [3.63, 3.8) is 0 Å². The highest BCUT2D eigenvalue weighted by Crippen LogP contribution is 2.38. The Morgan fingerprint density at radius 2 is 1.77 bits per heavy atom. The molecule has 1 N–H and O–H groups in total. The molecule has 0 unspecified atom stereocenters. The zero-order valence-corrected chi connectivity index (χ0v) is 12.9. The summed E-state index contributed by atoms with van der Waals surface area (Å²) in [4.78, 5) is 1.35. The van der Waals surface area contributed by atoms with Crippen LogP contribution in [0.5, 0.6) is 5.75 Å². The van der Waals surface area contributed by atoms with Crippen molar-refractivity contribution in [3.05, 3.63) is 87.1 Å². The molecule has 0 saturated carbocycles. The molecule has 0 bridgehead atoms. The third-order valence-electron chi connectivity index (χ3n) is 4.14. The average molecular weight is 304 g/mol. The van der Waals surface area contributed by atoms with Gasteiger partial charge in [-0.05, 0) is 64.8 Å². The second kappa shape index (κ2) is 5.47. The maximum atomic E-state index is 9.72. The van der Waals surface area contributed by atoms with Crippen molar-refractivity contribution in [2.75, 3.05) is 0 Å². The first kappa shape index (κ1) is 13.4. The first-order chi connectivity index (χ1) is 10.8. The van der Waals surface area contributed by atoms with E-state index >= 15 is 0 Å². The summed E-state index contributed by atoms with van der Waals surface area (Å²) >= 11 is 1.80. The van der Waals surface area contributed by atoms with Crippen molar-refractivity contribution in [1.29, 1.82) is 0 Å². The molecular formula is C20H16OS. The van der Waals surface area contributed by atoms with Gasteiger partial charge in [-0.25, -0.2) is 0 Å². The van der Waals surface area contributed by atoms with Crippen LogP contribution in [0.25, 0.3) is 11.6 Å². The van der Waals surface area contributed by atoms with E-state index in [0.29, 0.717) is 5.75 Å². The third kappa shape index (κ3) is 2.36. The highest BCUT2D eigenvalue weighted by Gasteiger charge is 2.18. The summed E-state index contributed by atoms with van der Waals surface area (Å²) in [7, 11) is 0. The van der Waals surface area contributed by atoms with E-state index in [2.05, 4.69) is 41.8 Å². The molecule has 1 nitrogen and oxygen atoms in total. The van der Waals surface area contributed by atoms with Crippen LogP contribution in [-0.2, 0) is 12.8 Å². The monoisotopic (exact) mass is 304 g/mol. The van der Waals surface area contributed by atoms with E-state index in [4.69, 9.17) is 0 Å². The van der Waals surface area contributed by atoms with Gasteiger partial charge in [0.25, 0.3) is 0 Å². The van der Waals surface area contributed by atoms with E-state index in [1.54, 1.807) is 17.4 Å². The van der Waals surface area contributed by atoms with Crippen LogP contribution in [-0.4, -0.2) is 5.11 Å². The lowest BCUT2D eigenvalue weighted by atomic mass is 9.97. The predicted octanol–water partition coefficient (Wildman–Crippen LogP) is 5.14. The van der Waals surface area contributed by atoms with E-state index in [0.717, 1.165) is 18.4 Å². The van der Waals surface area contributed by atoms with Crippen LogP contribution >= 0.6 is 11.3 Å². The van der Waals surface area contributed by atoms with Crippen molar-refractivity contribution >= 4 is 23.0 Å². The molecule has 0 aliphatic heterocycles. The lowest BCUT2D eigenvalue weighted by molar-refractivity contribution is 0.475. The fourth-order valence-electron chi connectivity index (χ4n) is 3.09. The van der Waals surface area contributed by atoms with Gasteiger partial charge in [-0.3, -0.25) is 0 Å². The molecule has 2 aromatic carbocycles. The zero-order valence-electron chi connectivity index (χ0n) is 12.1. The summed E-state index contributed by atoms with van der Waals surface area (Å²) in [6.07, 6.45) is 4.36. The number of hydrogen-bond acceptors (Lipinski definition) is 2. The number of phenols is 1. The van der Waals surface area contributed by atoms with E-state index in [9.17, 15) is 5.11 Å². The Morgan fingerprint density at radius 3 is 2.68 bits per heavy atom. The third-order valence-corrected chi connectivity index (χ3v) is 5.13. The number of aromatic hydroxyl groups is 1. The second-order valence-electron chi connectivity index (χ2n) is 5.59. The van der Waals surface area contributed by atoms with Crippen LogP contribution in [0.1, 0.15) is 27.1 Å². The SMILES string of the molecule is Oc1cccc(C=C2c3ccccc3CCc3ccsc32)c1. The van der Waals surface area contributed by atoms with Gasteiger partial charge in [-0.1, -0.05) is 36.4 Å². The zero-order chi connectivity index (χ0) is 14.9. The molecule has 108 valence electrons. The number of aryl methyl sites for hydroxylation is 2. The first-order valence-corrected chi connectivity index (χ1v) is 8.35. The van der Waals surface area contributed by atoms with Crippen LogP contribution in [0.3, 0.4) is 0 Å². The Morgan fingerprint density at radius 1 is 0.909 bits per heavy atom. The normalized spacial score (nSPS) is 15.2. The van der Waals surface area contributed by atoms with Crippen molar-refractivity contribution in [3.8, 4) is 5.75 Å². The fraction of sp³-hybridized carbons (Fsp3) is 0.100. The molecule has 1 heterocycles. The largest absolute Gasteiger partial charge is 0.508 e. The minimum Gasteiger partial charge on any atom is -0.508 e. The van der Waals surface area contributed by atoms with Crippen LogP contribution < -0.4 is 0 Å². The van der Waals surface area contributed by atoms with Crippen molar-refractivity contribution in [2.45, 2.75) is 12.8 Å². The maximum Gasteiger partial charge on any atom is 0.116 e. The number of hydrogen-bond donors (Lipinski definition) is 1. The van der Waals surface area contributed by atoms with E-state index < -0.39 is 0 Å². The second-order valence-corrected chi connectivity index (χ2v) is 6.50. The van der Waals surface area contributed by atoms with Gasteiger partial charge in [0.15, 0.2) is 0 Å². The standard InChI is InChI=1S/C20H16OS/c21-17-6-3-4-14(12-17)13-19-18-7-2-1-5-15(18)8-9-16-10-11-22-20(16)19/h1-7,10-13,21H,8-9H2. The van der Waals surface area contributed by atoms with Crippen LogP contribution in [0.15, 0.2) is 60.0 Å². The van der Waals surface area contributed by atoms with Gasteiger partial charge in [-0.15, -0.1) is 11.3 Å². The van der Waals surface area contributed by atoms with Gasteiger partial charge in [0.1, 0.15) is 5.75 Å². The molecule has 0 atom stereocenters. The fourth-order valence-corrected chi connectivity index (χ4v) is 4.07. The molecule has 0 amide bonds. The maximum absolute atomic E-state index is 9.72. The molecule has 0 spiro atoms. The molecule has 3 aromatic rings. The lowest BCUT2D eigenvalue weighted by Gasteiger charge is -2.09. The topological polar surface area (TPSA) is 20.2 Å². The molecule has 1 aliphatic rings. The lowest BCUT2D eigenvalue weighted by Crippen LogP contribution is -1.91. The summed E-state index contributed by atoms with van der Waals surface area (Å²) in [5.41, 5.74) is 6.44. The minimum absolute atomic E-state index is 0.308. The first-order valence-electron chi connectivity index (χ1n) is 7.47. The molecular weight excluding hydrogens is 288 g/mol. The van der Waals surface area contributed by atoms with Gasteiger partial charge in [0.2, 0.25) is 0 Å². The summed E-state index contributed by atoms with van der Waals surface area (Å²) in [6.45, 7) is 0. The molecule has 0 radical (unpaired) electrons. The van der Waals surface area contributed by atoms with Gasteiger partial charge in [-0.2, -0.15) is 0 Å². The van der Waals surface area contributed by atoms with Crippen molar-refractivity contribution < 1.29 is 5.11 Å². The van der Waals surface area contributed by atoms with Crippen LogP contribution in [0.2, 0.25) is 0 Å². The number of phenolic OH excluding ortho intramolecular Hbond substituents is 1. The molecule has 1 aromatic heterocycles. The summed E-state index contributed by atoms with van der Waals surface area (Å²) < 4.78 is 0. The smallest absolute Gasteiger partial charge is 0.116 e. The quantitative estimate of drug-likeness (QED) is 0.660. The molecule has 22 heavy (non-hydrogen) atoms. The number of thiophene rings is 1. The van der Waals surface area contributed by atoms with Crippen LogP contribution in [0, 0.1) is 0 Å². The Bertz CT molecular complexity index is 857. The molecule has 2 heteroatoms. The van der Waals surface area contributed by atoms with E-state index in [-0.39, 0.29) is 0 Å². The average Bonchev–Trinajstić information content (AvgIpc) is 2.94. The van der Waals surface area contributed by atoms with Crippen LogP contribution in [0.4, 0.5) is 0 Å². The Labute approximate surface area is 134 Å². The minimum atomic E-state index is 0.308. The van der Waals surface area contributed by atoms with Crippen molar-refractivity contribution in [1.82, 2.24) is 0 Å². The summed E-state index contributed by atoms with van der Waals surface area (Å²) in [5, 5.41) is 11.9. The Kier molecular flexibility index (Phi) is 3.32. The number of benzene rings is 2. The van der Waals surface area contributed by atoms with E-state index in [1.807, 2.05) is 18.2 Å². The highest BCUT2D eigenvalue weighted by atomic mass is 32.1. The van der Waals surface area contributed by atoms with Gasteiger partial charge in [0.05, 0.1) is 0 Å². The van der Waals surface area contributed by atoms with Gasteiger partial charge >= 0.3 is 0 Å². The van der Waals surface area contributed by atoms with Gasteiger partial charge < -0.3 is 5.11 Å². The molecule has 0 saturated heterocycles. The Balaban J connectivity index is 1.95. The van der Waals surface area contributed by atoms with Crippen molar-refractivity contribution in [2.24, 2.45) is 0 Å². The number of fused-ring (bicyclic) bond motifs is 2. The summed E-state index contributed by atoms with van der Waals surface area (Å²) in [5.74, 6) is 0.308. The predicted molar refractivity (Wildman–Crippen MR) is 93.2 cm³/mol. The van der Waals surface area contributed by atoms with Gasteiger partial charge in [0, 0.05) is 10.5 Å². The molecule has 0 fully saturated rings. The Hall–Kier alpha value is -2.32. The summed E-state index contributed by atoms with van der Waals surface area (Å²) in [6, 6.07) is 18.3. The molecule has 1 aliphatic carbocycles. The molecule has 4 rings (SSSR count). The number of rotatable bonds is 1.